The monoisotopic (exact) mass is 331 g/mol. The van der Waals surface area contributed by atoms with Crippen molar-refractivity contribution in [1.29, 1.82) is 5.26 Å². The first-order chi connectivity index (χ1) is 12.1. The van der Waals surface area contributed by atoms with Crippen molar-refractivity contribution in [3.8, 4) is 6.07 Å². The number of hydrogen-bond donors (Lipinski definition) is 1. The largest absolute Gasteiger partial charge is 0.368 e. The SMILES string of the molecule is N#Cc1ccccc1/C=C/C(=O)N1Cc2ccccc2C[C@H]1C(N)=O. The van der Waals surface area contributed by atoms with Crippen molar-refractivity contribution in [2.75, 3.05) is 0 Å². The van der Waals surface area contributed by atoms with Gasteiger partial charge in [-0.2, -0.15) is 5.26 Å². The standard InChI is InChI=1S/C20H17N3O2/c21-12-16-7-3-1-5-14(16)9-10-19(24)23-13-17-8-4-2-6-15(17)11-18(23)20(22)25/h1-10,18H,11,13H2,(H2,22,25)/b10-9+/t18-/m0/s1. The number of nitriles is 1. The Morgan fingerprint density at radius 1 is 1.12 bits per heavy atom. The van der Waals surface area contributed by atoms with E-state index < -0.39 is 11.9 Å². The van der Waals surface area contributed by atoms with E-state index >= 15 is 0 Å². The van der Waals surface area contributed by atoms with Crippen LogP contribution in [0, 0.1) is 11.3 Å². The van der Waals surface area contributed by atoms with E-state index in [1.807, 2.05) is 24.3 Å². The summed E-state index contributed by atoms with van der Waals surface area (Å²) < 4.78 is 0. The Labute approximate surface area is 146 Å². The highest BCUT2D eigenvalue weighted by molar-refractivity contribution is 5.96. The van der Waals surface area contributed by atoms with Gasteiger partial charge in [-0.1, -0.05) is 42.5 Å². The van der Waals surface area contributed by atoms with Crippen LogP contribution in [0.3, 0.4) is 0 Å². The van der Waals surface area contributed by atoms with Crippen LogP contribution in [0.2, 0.25) is 0 Å². The topological polar surface area (TPSA) is 87.2 Å². The summed E-state index contributed by atoms with van der Waals surface area (Å²) in [6.45, 7) is 0.340. The Kier molecular flexibility index (Phi) is 4.62. The summed E-state index contributed by atoms with van der Waals surface area (Å²) in [6.07, 6.45) is 3.40. The van der Waals surface area contributed by atoms with Crippen LogP contribution in [0.5, 0.6) is 0 Å². The number of carbonyl (C=O) groups excluding carboxylic acids is 2. The van der Waals surface area contributed by atoms with Gasteiger partial charge in [-0.25, -0.2) is 0 Å². The minimum absolute atomic E-state index is 0.300. The lowest BCUT2D eigenvalue weighted by molar-refractivity contribution is -0.136. The molecule has 25 heavy (non-hydrogen) atoms. The normalized spacial score (nSPS) is 16.3. The predicted octanol–water partition coefficient (Wildman–Crippen LogP) is 2.01. The smallest absolute Gasteiger partial charge is 0.247 e. The van der Waals surface area contributed by atoms with E-state index in [0.717, 1.165) is 11.1 Å². The lowest BCUT2D eigenvalue weighted by atomic mass is 9.93. The number of fused-ring (bicyclic) bond motifs is 1. The number of amides is 2. The van der Waals surface area contributed by atoms with E-state index in [0.29, 0.717) is 24.1 Å². The molecule has 0 aliphatic carbocycles. The Morgan fingerprint density at radius 3 is 2.52 bits per heavy atom. The zero-order valence-electron chi connectivity index (χ0n) is 13.6. The zero-order valence-corrected chi connectivity index (χ0v) is 13.6. The molecule has 2 amide bonds. The van der Waals surface area contributed by atoms with Gasteiger partial charge in [-0.3, -0.25) is 9.59 Å². The fourth-order valence-corrected chi connectivity index (χ4v) is 3.01. The zero-order chi connectivity index (χ0) is 17.8. The molecule has 1 aliphatic heterocycles. The van der Waals surface area contributed by atoms with Crippen LogP contribution in [-0.4, -0.2) is 22.8 Å². The third-order valence-electron chi connectivity index (χ3n) is 4.35. The highest BCUT2D eigenvalue weighted by atomic mass is 16.2. The van der Waals surface area contributed by atoms with Gasteiger partial charge in [0.1, 0.15) is 6.04 Å². The number of carbonyl (C=O) groups is 2. The van der Waals surface area contributed by atoms with Gasteiger partial charge < -0.3 is 10.6 Å². The molecular formula is C20H17N3O2. The summed E-state index contributed by atoms with van der Waals surface area (Å²) in [5.41, 5.74) is 8.70. The van der Waals surface area contributed by atoms with E-state index in [9.17, 15) is 9.59 Å². The van der Waals surface area contributed by atoms with Crippen LogP contribution in [0.1, 0.15) is 22.3 Å². The van der Waals surface area contributed by atoms with E-state index in [1.165, 1.54) is 11.0 Å². The van der Waals surface area contributed by atoms with Gasteiger partial charge in [0.05, 0.1) is 11.6 Å². The van der Waals surface area contributed by atoms with Crippen LogP contribution in [0.15, 0.2) is 54.6 Å². The van der Waals surface area contributed by atoms with Crippen LogP contribution in [0.4, 0.5) is 0 Å². The van der Waals surface area contributed by atoms with Crippen molar-refractivity contribution in [2.45, 2.75) is 19.0 Å². The molecule has 1 heterocycles. The van der Waals surface area contributed by atoms with E-state index in [2.05, 4.69) is 6.07 Å². The second kappa shape index (κ2) is 7.02. The van der Waals surface area contributed by atoms with Crippen molar-refractivity contribution >= 4 is 17.9 Å². The summed E-state index contributed by atoms with van der Waals surface area (Å²) in [7, 11) is 0. The van der Waals surface area contributed by atoms with Crippen molar-refractivity contribution in [2.24, 2.45) is 5.73 Å². The number of hydrogen-bond acceptors (Lipinski definition) is 3. The van der Waals surface area contributed by atoms with Crippen molar-refractivity contribution in [3.05, 3.63) is 76.9 Å². The van der Waals surface area contributed by atoms with E-state index in [-0.39, 0.29) is 5.91 Å². The van der Waals surface area contributed by atoms with Gasteiger partial charge >= 0.3 is 0 Å². The average Bonchev–Trinajstić information content (AvgIpc) is 2.65. The fourth-order valence-electron chi connectivity index (χ4n) is 3.01. The molecule has 2 aromatic carbocycles. The van der Waals surface area contributed by atoms with E-state index in [4.69, 9.17) is 11.0 Å². The molecule has 1 atom stereocenters. The number of primary amides is 1. The molecule has 0 unspecified atom stereocenters. The second-order valence-electron chi connectivity index (χ2n) is 5.89. The Balaban J connectivity index is 1.86. The fraction of sp³-hybridized carbons (Fsp3) is 0.150. The molecule has 5 heteroatoms. The highest BCUT2D eigenvalue weighted by Gasteiger charge is 2.32. The van der Waals surface area contributed by atoms with Gasteiger partial charge in [0.15, 0.2) is 0 Å². The minimum Gasteiger partial charge on any atom is -0.368 e. The number of benzene rings is 2. The maximum Gasteiger partial charge on any atom is 0.247 e. The first-order valence-corrected chi connectivity index (χ1v) is 7.94. The molecule has 2 N–H and O–H groups in total. The van der Waals surface area contributed by atoms with Crippen LogP contribution in [-0.2, 0) is 22.6 Å². The molecule has 124 valence electrons. The maximum absolute atomic E-state index is 12.6. The van der Waals surface area contributed by atoms with Crippen molar-refractivity contribution in [1.82, 2.24) is 4.90 Å². The quantitative estimate of drug-likeness (QED) is 0.873. The summed E-state index contributed by atoms with van der Waals surface area (Å²) in [5, 5.41) is 9.12. The van der Waals surface area contributed by atoms with E-state index in [1.54, 1.807) is 30.3 Å². The molecule has 3 rings (SSSR count). The first kappa shape index (κ1) is 16.5. The highest BCUT2D eigenvalue weighted by Crippen LogP contribution is 2.23. The summed E-state index contributed by atoms with van der Waals surface area (Å²) in [5.74, 6) is -0.820. The number of nitrogens with zero attached hydrogens (tertiary/aromatic N) is 2. The third kappa shape index (κ3) is 3.43. The lowest BCUT2D eigenvalue weighted by Gasteiger charge is -2.34. The molecule has 0 saturated heterocycles. The molecule has 2 aromatic rings. The van der Waals surface area contributed by atoms with Gasteiger partial charge in [0.2, 0.25) is 11.8 Å². The molecule has 0 aromatic heterocycles. The van der Waals surface area contributed by atoms with Gasteiger partial charge in [-0.15, -0.1) is 0 Å². The van der Waals surface area contributed by atoms with Crippen LogP contribution >= 0.6 is 0 Å². The average molecular weight is 331 g/mol. The third-order valence-corrected chi connectivity index (χ3v) is 4.35. The lowest BCUT2D eigenvalue weighted by Crippen LogP contribution is -2.50. The second-order valence-corrected chi connectivity index (χ2v) is 5.89. The van der Waals surface area contributed by atoms with Gasteiger partial charge in [0, 0.05) is 19.0 Å². The number of nitrogens with two attached hydrogens (primary N) is 1. The van der Waals surface area contributed by atoms with Crippen LogP contribution in [0.25, 0.3) is 6.08 Å². The minimum atomic E-state index is -0.668. The van der Waals surface area contributed by atoms with Gasteiger partial charge in [-0.05, 0) is 28.8 Å². The summed E-state index contributed by atoms with van der Waals surface area (Å²) in [4.78, 5) is 25.9. The maximum atomic E-state index is 12.6. The van der Waals surface area contributed by atoms with Crippen LogP contribution < -0.4 is 5.73 Å². The molecule has 0 fully saturated rings. The first-order valence-electron chi connectivity index (χ1n) is 7.94. The summed E-state index contributed by atoms with van der Waals surface area (Å²) in [6, 6.07) is 16.2. The van der Waals surface area contributed by atoms with Crippen molar-refractivity contribution in [3.63, 3.8) is 0 Å². The molecule has 0 radical (unpaired) electrons. The molecule has 0 bridgehead atoms. The Morgan fingerprint density at radius 2 is 1.80 bits per heavy atom. The molecule has 5 nitrogen and oxygen atoms in total. The molecule has 0 spiro atoms. The summed E-state index contributed by atoms with van der Waals surface area (Å²) >= 11 is 0. The molecule has 0 saturated carbocycles. The van der Waals surface area contributed by atoms with Crippen molar-refractivity contribution < 1.29 is 9.59 Å². The Bertz CT molecular complexity index is 896. The predicted molar refractivity (Wildman–Crippen MR) is 93.9 cm³/mol. The Hall–Kier alpha value is -3.39. The molecule has 1 aliphatic rings. The van der Waals surface area contributed by atoms with Gasteiger partial charge in [0.25, 0.3) is 0 Å². The molecular weight excluding hydrogens is 314 g/mol. The number of rotatable bonds is 3.